The molecule has 0 radical (unpaired) electrons. The average Bonchev–Trinajstić information content (AvgIpc) is 2.37. The summed E-state index contributed by atoms with van der Waals surface area (Å²) in [6.45, 7) is 1.96. The molecule has 0 saturated heterocycles. The zero-order valence-electron chi connectivity index (χ0n) is 10.6. The molecule has 0 fully saturated rings. The Bertz CT molecular complexity index is 434. The second kappa shape index (κ2) is 7.63. The molecule has 19 heavy (non-hydrogen) atoms. The van der Waals surface area contributed by atoms with Gasteiger partial charge in [0.1, 0.15) is 6.04 Å². The third-order valence-electron chi connectivity index (χ3n) is 2.55. The van der Waals surface area contributed by atoms with Crippen LogP contribution in [0, 0.1) is 0 Å². The van der Waals surface area contributed by atoms with E-state index in [1.165, 1.54) is 0 Å². The van der Waals surface area contributed by atoms with E-state index in [1.54, 1.807) is 24.3 Å². The summed E-state index contributed by atoms with van der Waals surface area (Å²) in [6.07, 6.45) is 2.04. The SMILES string of the molecule is CCCC[C@H](NC(=O)Nc1ccc(Cl)cc1)C(=O)O. The van der Waals surface area contributed by atoms with E-state index in [0.717, 1.165) is 12.8 Å². The molecule has 0 aliphatic rings. The molecule has 0 aromatic heterocycles. The van der Waals surface area contributed by atoms with Crippen LogP contribution in [0.2, 0.25) is 5.02 Å². The maximum Gasteiger partial charge on any atom is 0.326 e. The van der Waals surface area contributed by atoms with Crippen molar-refractivity contribution >= 4 is 29.3 Å². The molecular weight excluding hydrogens is 268 g/mol. The molecule has 0 heterocycles. The van der Waals surface area contributed by atoms with Gasteiger partial charge in [0.05, 0.1) is 0 Å². The van der Waals surface area contributed by atoms with E-state index in [4.69, 9.17) is 16.7 Å². The second-order valence-electron chi connectivity index (χ2n) is 4.14. The summed E-state index contributed by atoms with van der Waals surface area (Å²) in [4.78, 5) is 22.6. The van der Waals surface area contributed by atoms with Gasteiger partial charge in [0.25, 0.3) is 0 Å². The Kier molecular flexibility index (Phi) is 6.15. The number of halogens is 1. The highest BCUT2D eigenvalue weighted by molar-refractivity contribution is 6.30. The summed E-state index contributed by atoms with van der Waals surface area (Å²) in [6, 6.07) is 5.16. The number of unbranched alkanes of at least 4 members (excludes halogenated alkanes) is 1. The highest BCUT2D eigenvalue weighted by Crippen LogP contribution is 2.13. The van der Waals surface area contributed by atoms with Crippen LogP contribution < -0.4 is 10.6 Å². The molecule has 1 atom stereocenters. The lowest BCUT2D eigenvalue weighted by Crippen LogP contribution is -2.42. The highest BCUT2D eigenvalue weighted by atomic mass is 35.5. The van der Waals surface area contributed by atoms with E-state index in [2.05, 4.69) is 10.6 Å². The van der Waals surface area contributed by atoms with E-state index < -0.39 is 18.0 Å². The fourth-order valence-corrected chi connectivity index (χ4v) is 1.65. The summed E-state index contributed by atoms with van der Waals surface area (Å²) >= 11 is 5.73. The normalized spacial score (nSPS) is 11.7. The Balaban J connectivity index is 2.52. The number of amides is 2. The Morgan fingerprint density at radius 1 is 1.32 bits per heavy atom. The summed E-state index contributed by atoms with van der Waals surface area (Å²) in [5.41, 5.74) is 0.557. The van der Waals surface area contributed by atoms with E-state index in [1.807, 2.05) is 6.92 Å². The van der Waals surface area contributed by atoms with Crippen LogP contribution in [-0.2, 0) is 4.79 Å². The molecule has 0 bridgehead atoms. The molecule has 1 aromatic carbocycles. The first-order valence-corrected chi connectivity index (χ1v) is 6.46. The van der Waals surface area contributed by atoms with Gasteiger partial charge in [-0.25, -0.2) is 9.59 Å². The fourth-order valence-electron chi connectivity index (χ4n) is 1.52. The van der Waals surface area contributed by atoms with Crippen LogP contribution in [0.3, 0.4) is 0 Å². The van der Waals surface area contributed by atoms with E-state index >= 15 is 0 Å². The summed E-state index contributed by atoms with van der Waals surface area (Å²) in [7, 11) is 0. The number of nitrogens with one attached hydrogen (secondary N) is 2. The van der Waals surface area contributed by atoms with Crippen molar-refractivity contribution in [3.05, 3.63) is 29.3 Å². The maximum atomic E-state index is 11.7. The van der Waals surface area contributed by atoms with Crippen LogP contribution in [0.15, 0.2) is 24.3 Å². The molecule has 1 aromatic rings. The number of carbonyl (C=O) groups excluding carboxylic acids is 1. The van der Waals surface area contributed by atoms with Gasteiger partial charge in [-0.1, -0.05) is 31.4 Å². The van der Waals surface area contributed by atoms with Crippen molar-refractivity contribution in [3.8, 4) is 0 Å². The zero-order chi connectivity index (χ0) is 14.3. The number of anilines is 1. The number of urea groups is 1. The first-order valence-electron chi connectivity index (χ1n) is 6.08. The number of aliphatic carboxylic acids is 1. The molecule has 1 rings (SSSR count). The lowest BCUT2D eigenvalue weighted by Gasteiger charge is -2.14. The van der Waals surface area contributed by atoms with Gasteiger partial charge >= 0.3 is 12.0 Å². The van der Waals surface area contributed by atoms with Crippen LogP contribution in [0.5, 0.6) is 0 Å². The summed E-state index contributed by atoms with van der Waals surface area (Å²) < 4.78 is 0. The zero-order valence-corrected chi connectivity index (χ0v) is 11.4. The van der Waals surface area contributed by atoms with Gasteiger partial charge in [-0.3, -0.25) is 0 Å². The summed E-state index contributed by atoms with van der Waals surface area (Å²) in [5, 5.41) is 14.5. The van der Waals surface area contributed by atoms with Gasteiger partial charge in [-0.05, 0) is 30.7 Å². The minimum absolute atomic E-state index is 0.417. The Morgan fingerprint density at radius 3 is 2.47 bits per heavy atom. The standard InChI is InChI=1S/C13H17ClN2O3/c1-2-3-4-11(12(17)18)16-13(19)15-10-7-5-9(14)6-8-10/h5-8,11H,2-4H2,1H3,(H,17,18)(H2,15,16,19)/t11-/m0/s1. The number of hydrogen-bond acceptors (Lipinski definition) is 2. The molecule has 2 amide bonds. The monoisotopic (exact) mass is 284 g/mol. The minimum Gasteiger partial charge on any atom is -0.480 e. The molecule has 0 aliphatic carbocycles. The molecule has 5 nitrogen and oxygen atoms in total. The number of benzene rings is 1. The van der Waals surface area contributed by atoms with Gasteiger partial charge in [0.2, 0.25) is 0 Å². The number of carbonyl (C=O) groups is 2. The summed E-state index contributed by atoms with van der Waals surface area (Å²) in [5.74, 6) is -1.03. The van der Waals surface area contributed by atoms with Crippen molar-refractivity contribution in [3.63, 3.8) is 0 Å². The first-order chi connectivity index (χ1) is 9.02. The van der Waals surface area contributed by atoms with Crippen molar-refractivity contribution in [2.24, 2.45) is 0 Å². The lowest BCUT2D eigenvalue weighted by molar-refractivity contribution is -0.139. The number of hydrogen-bond donors (Lipinski definition) is 3. The number of carboxylic acids is 1. The number of rotatable bonds is 6. The quantitative estimate of drug-likeness (QED) is 0.751. The van der Waals surface area contributed by atoms with Crippen LogP contribution in [0.1, 0.15) is 26.2 Å². The van der Waals surface area contributed by atoms with Crippen LogP contribution >= 0.6 is 11.6 Å². The lowest BCUT2D eigenvalue weighted by atomic mass is 10.1. The van der Waals surface area contributed by atoms with Crippen LogP contribution in [0.25, 0.3) is 0 Å². The van der Waals surface area contributed by atoms with Crippen molar-refractivity contribution in [1.82, 2.24) is 5.32 Å². The van der Waals surface area contributed by atoms with Gasteiger partial charge in [0, 0.05) is 10.7 Å². The Morgan fingerprint density at radius 2 is 1.95 bits per heavy atom. The molecule has 104 valence electrons. The van der Waals surface area contributed by atoms with Crippen molar-refractivity contribution in [2.75, 3.05) is 5.32 Å². The first kappa shape index (κ1) is 15.3. The van der Waals surface area contributed by atoms with Gasteiger partial charge < -0.3 is 15.7 Å². The van der Waals surface area contributed by atoms with Gasteiger partial charge in [0.15, 0.2) is 0 Å². The Labute approximate surface area is 117 Å². The molecule has 0 saturated carbocycles. The maximum absolute atomic E-state index is 11.7. The topological polar surface area (TPSA) is 78.4 Å². The highest BCUT2D eigenvalue weighted by Gasteiger charge is 2.18. The van der Waals surface area contributed by atoms with Crippen LogP contribution in [-0.4, -0.2) is 23.1 Å². The predicted octanol–water partition coefficient (Wildman–Crippen LogP) is 3.10. The molecule has 0 unspecified atom stereocenters. The van der Waals surface area contributed by atoms with E-state index in [0.29, 0.717) is 17.1 Å². The smallest absolute Gasteiger partial charge is 0.326 e. The third-order valence-corrected chi connectivity index (χ3v) is 2.80. The molecule has 0 spiro atoms. The average molecular weight is 285 g/mol. The fraction of sp³-hybridized carbons (Fsp3) is 0.385. The van der Waals surface area contributed by atoms with E-state index in [9.17, 15) is 9.59 Å². The molecule has 6 heteroatoms. The predicted molar refractivity (Wildman–Crippen MR) is 74.6 cm³/mol. The number of carboxylic acid groups (broad SMARTS) is 1. The van der Waals surface area contributed by atoms with E-state index in [-0.39, 0.29) is 0 Å². The molecule has 3 N–H and O–H groups in total. The van der Waals surface area contributed by atoms with Crippen molar-refractivity contribution in [1.29, 1.82) is 0 Å². The van der Waals surface area contributed by atoms with Crippen LogP contribution in [0.4, 0.5) is 10.5 Å². The van der Waals surface area contributed by atoms with Gasteiger partial charge in [-0.15, -0.1) is 0 Å². The second-order valence-corrected chi connectivity index (χ2v) is 4.57. The third kappa shape index (κ3) is 5.61. The molecule has 0 aliphatic heterocycles. The Hall–Kier alpha value is -1.75. The van der Waals surface area contributed by atoms with Crippen molar-refractivity contribution < 1.29 is 14.7 Å². The van der Waals surface area contributed by atoms with Crippen molar-refractivity contribution in [2.45, 2.75) is 32.2 Å². The van der Waals surface area contributed by atoms with Gasteiger partial charge in [-0.2, -0.15) is 0 Å². The molecular formula is C13H17ClN2O3. The minimum atomic E-state index is -1.03. The largest absolute Gasteiger partial charge is 0.480 e.